The van der Waals surface area contributed by atoms with Crippen molar-refractivity contribution in [3.8, 4) is 5.75 Å². The van der Waals surface area contributed by atoms with E-state index in [1.807, 2.05) is 31.3 Å². The maximum Gasteiger partial charge on any atom is 0.318 e. The number of pyridine rings is 1. The Kier molecular flexibility index (Phi) is 10.8. The Balaban J connectivity index is 0.00000132. The van der Waals surface area contributed by atoms with Crippen LogP contribution in [0.1, 0.15) is 25.0 Å². The molecule has 2 aromatic rings. The van der Waals surface area contributed by atoms with Crippen molar-refractivity contribution in [3.05, 3.63) is 59.9 Å². The second kappa shape index (κ2) is 13.1. The lowest BCUT2D eigenvalue weighted by molar-refractivity contribution is -0.122. The fourth-order valence-corrected chi connectivity index (χ4v) is 2.44. The van der Waals surface area contributed by atoms with Gasteiger partial charge in [0.15, 0.2) is 0 Å². The zero-order valence-electron chi connectivity index (χ0n) is 17.2. The van der Waals surface area contributed by atoms with E-state index in [1.165, 1.54) is 0 Å². The van der Waals surface area contributed by atoms with Crippen LogP contribution >= 0.6 is 0 Å². The van der Waals surface area contributed by atoms with E-state index >= 15 is 0 Å². The van der Waals surface area contributed by atoms with Crippen LogP contribution in [0.4, 0.5) is 4.79 Å². The highest BCUT2D eigenvalue weighted by Crippen LogP contribution is 2.14. The summed E-state index contributed by atoms with van der Waals surface area (Å²) in [5.41, 5.74) is 1.99. The zero-order chi connectivity index (χ0) is 21.6. The van der Waals surface area contributed by atoms with E-state index in [1.54, 1.807) is 29.4 Å². The molecule has 0 aliphatic rings. The van der Waals surface area contributed by atoms with Gasteiger partial charge < -0.3 is 25.3 Å². The summed E-state index contributed by atoms with van der Waals surface area (Å²) < 4.78 is 0. The number of rotatable bonds is 8. The van der Waals surface area contributed by atoms with Gasteiger partial charge in [-0.3, -0.25) is 9.78 Å². The van der Waals surface area contributed by atoms with Crippen molar-refractivity contribution in [2.24, 2.45) is 0 Å². The third-order valence-corrected chi connectivity index (χ3v) is 4.34. The topological polar surface area (TPSA) is 106 Å². The number of carbonyl (C=O) groups excluding carboxylic acids is 1. The van der Waals surface area contributed by atoms with Gasteiger partial charge in [0.25, 0.3) is 6.47 Å². The summed E-state index contributed by atoms with van der Waals surface area (Å²) in [6.45, 7) is 6.36. The van der Waals surface area contributed by atoms with Gasteiger partial charge in [-0.15, -0.1) is 0 Å². The standard InChI is InChI=1S/C20H28N4O2.CH2O2/c1-16(2)23(3)13-12-22-20(26)24(15-18-8-10-21-11-9-18)14-17-4-6-19(25)7-5-17;2-1-3/h4-11,16,25H,12-15H2,1-3H3,(H,22,26);1H,(H,2,3). The van der Waals surface area contributed by atoms with Gasteiger partial charge in [-0.25, -0.2) is 4.79 Å². The van der Waals surface area contributed by atoms with Crippen molar-refractivity contribution in [2.45, 2.75) is 33.0 Å². The molecule has 8 heteroatoms. The van der Waals surface area contributed by atoms with Gasteiger partial charge in [0.2, 0.25) is 0 Å². The molecule has 1 aromatic heterocycles. The predicted octanol–water partition coefficient (Wildman–Crippen LogP) is 2.54. The van der Waals surface area contributed by atoms with Crippen molar-refractivity contribution in [1.29, 1.82) is 0 Å². The molecule has 3 N–H and O–H groups in total. The molecule has 2 rings (SSSR count). The fourth-order valence-electron chi connectivity index (χ4n) is 2.44. The largest absolute Gasteiger partial charge is 0.508 e. The Bertz CT molecular complexity index is 723. The average molecular weight is 402 g/mol. The zero-order valence-corrected chi connectivity index (χ0v) is 17.2. The molecule has 8 nitrogen and oxygen atoms in total. The quantitative estimate of drug-likeness (QED) is 0.586. The number of likely N-dealkylation sites (N-methyl/N-ethyl adjacent to an activating group) is 1. The summed E-state index contributed by atoms with van der Waals surface area (Å²) in [4.78, 5) is 29.0. The molecule has 0 aliphatic heterocycles. The number of carbonyl (C=O) groups is 2. The van der Waals surface area contributed by atoms with Crippen LogP contribution in [0.5, 0.6) is 5.75 Å². The van der Waals surface area contributed by atoms with Gasteiger partial charge in [-0.05, 0) is 56.3 Å². The summed E-state index contributed by atoms with van der Waals surface area (Å²) in [6, 6.07) is 11.1. The molecule has 29 heavy (non-hydrogen) atoms. The van der Waals surface area contributed by atoms with E-state index in [2.05, 4.69) is 29.0 Å². The molecule has 0 atom stereocenters. The van der Waals surface area contributed by atoms with Crippen molar-refractivity contribution in [3.63, 3.8) is 0 Å². The number of urea groups is 1. The van der Waals surface area contributed by atoms with Gasteiger partial charge >= 0.3 is 6.03 Å². The molecule has 0 saturated carbocycles. The molecule has 1 heterocycles. The highest BCUT2D eigenvalue weighted by molar-refractivity contribution is 5.74. The molecule has 0 aliphatic carbocycles. The Morgan fingerprint density at radius 1 is 1.10 bits per heavy atom. The number of amides is 2. The van der Waals surface area contributed by atoms with Crippen molar-refractivity contribution in [1.82, 2.24) is 20.1 Å². The lowest BCUT2D eigenvalue weighted by atomic mass is 10.2. The number of carboxylic acid groups (broad SMARTS) is 1. The minimum absolute atomic E-state index is 0.105. The molecule has 1 aromatic carbocycles. The number of benzene rings is 1. The van der Waals surface area contributed by atoms with Gasteiger partial charge in [-0.1, -0.05) is 12.1 Å². The van der Waals surface area contributed by atoms with E-state index in [0.717, 1.165) is 17.7 Å². The van der Waals surface area contributed by atoms with Crippen LogP contribution in [-0.4, -0.2) is 63.7 Å². The van der Waals surface area contributed by atoms with E-state index in [9.17, 15) is 9.90 Å². The Hall–Kier alpha value is -3.13. The van der Waals surface area contributed by atoms with Gasteiger partial charge in [-0.2, -0.15) is 0 Å². The second-order valence-corrected chi connectivity index (χ2v) is 6.79. The summed E-state index contributed by atoms with van der Waals surface area (Å²) in [7, 11) is 2.04. The molecular formula is C21H30N4O4. The van der Waals surface area contributed by atoms with Crippen LogP contribution in [0, 0.1) is 0 Å². The van der Waals surface area contributed by atoms with Crippen molar-refractivity contribution in [2.75, 3.05) is 20.1 Å². The molecule has 0 bridgehead atoms. The molecular weight excluding hydrogens is 372 g/mol. The number of aromatic nitrogens is 1. The highest BCUT2D eigenvalue weighted by Gasteiger charge is 2.15. The van der Waals surface area contributed by atoms with E-state index in [-0.39, 0.29) is 18.3 Å². The van der Waals surface area contributed by atoms with Crippen LogP contribution in [0.15, 0.2) is 48.8 Å². The summed E-state index contributed by atoms with van der Waals surface area (Å²) in [6.07, 6.45) is 3.45. The monoisotopic (exact) mass is 402 g/mol. The van der Waals surface area contributed by atoms with Crippen molar-refractivity contribution < 1.29 is 19.8 Å². The normalized spacial score (nSPS) is 10.2. The minimum atomic E-state index is -0.250. The average Bonchev–Trinajstić information content (AvgIpc) is 2.70. The third kappa shape index (κ3) is 9.57. The van der Waals surface area contributed by atoms with Crippen LogP contribution in [0.25, 0.3) is 0 Å². The maximum atomic E-state index is 12.7. The van der Waals surface area contributed by atoms with Crippen molar-refractivity contribution >= 4 is 12.5 Å². The van der Waals surface area contributed by atoms with Crippen LogP contribution in [0.2, 0.25) is 0 Å². The Morgan fingerprint density at radius 3 is 2.14 bits per heavy atom. The lowest BCUT2D eigenvalue weighted by Gasteiger charge is -2.25. The van der Waals surface area contributed by atoms with E-state index in [0.29, 0.717) is 25.7 Å². The first-order valence-corrected chi connectivity index (χ1v) is 9.35. The molecule has 0 spiro atoms. The molecule has 0 unspecified atom stereocenters. The molecule has 158 valence electrons. The Labute approximate surface area is 171 Å². The number of hydrogen-bond acceptors (Lipinski definition) is 5. The maximum absolute atomic E-state index is 12.7. The lowest BCUT2D eigenvalue weighted by Crippen LogP contribution is -2.42. The number of aromatic hydroxyl groups is 1. The van der Waals surface area contributed by atoms with Crippen LogP contribution in [0.3, 0.4) is 0 Å². The predicted molar refractivity (Wildman–Crippen MR) is 111 cm³/mol. The van der Waals surface area contributed by atoms with Gasteiger partial charge in [0.05, 0.1) is 0 Å². The van der Waals surface area contributed by atoms with Crippen LogP contribution < -0.4 is 5.32 Å². The number of hydrogen-bond donors (Lipinski definition) is 3. The van der Waals surface area contributed by atoms with E-state index < -0.39 is 0 Å². The minimum Gasteiger partial charge on any atom is -0.508 e. The molecule has 0 radical (unpaired) electrons. The smallest absolute Gasteiger partial charge is 0.318 e. The SMILES string of the molecule is CC(C)N(C)CCNC(=O)N(Cc1ccncc1)Cc1ccc(O)cc1.O=CO. The van der Waals surface area contributed by atoms with Gasteiger partial charge in [0, 0.05) is 44.6 Å². The van der Waals surface area contributed by atoms with Crippen LogP contribution in [-0.2, 0) is 17.9 Å². The Morgan fingerprint density at radius 2 is 1.62 bits per heavy atom. The van der Waals surface area contributed by atoms with Gasteiger partial charge in [0.1, 0.15) is 5.75 Å². The number of nitrogens with one attached hydrogen (secondary N) is 1. The molecule has 2 amide bonds. The summed E-state index contributed by atoms with van der Waals surface area (Å²) >= 11 is 0. The summed E-state index contributed by atoms with van der Waals surface area (Å²) in [5, 5.41) is 19.3. The highest BCUT2D eigenvalue weighted by atomic mass is 16.3. The third-order valence-electron chi connectivity index (χ3n) is 4.34. The first-order valence-electron chi connectivity index (χ1n) is 9.35. The number of phenolic OH excluding ortho intramolecular Hbond substituents is 1. The first-order chi connectivity index (χ1) is 13.9. The molecule has 0 fully saturated rings. The number of phenols is 1. The summed E-state index contributed by atoms with van der Waals surface area (Å²) in [5.74, 6) is 0.218. The first kappa shape index (κ1) is 23.9. The second-order valence-electron chi connectivity index (χ2n) is 6.79. The van der Waals surface area contributed by atoms with E-state index in [4.69, 9.17) is 9.90 Å². The molecule has 0 saturated heterocycles. The number of nitrogens with zero attached hydrogens (tertiary/aromatic N) is 3. The fraction of sp³-hybridized carbons (Fsp3) is 0.381.